The molecule has 0 aliphatic carbocycles. The van der Waals surface area contributed by atoms with Crippen LogP contribution in [0.15, 0.2) is 109 Å². The van der Waals surface area contributed by atoms with Gasteiger partial charge < -0.3 is 20.4 Å². The van der Waals surface area contributed by atoms with E-state index in [4.69, 9.17) is 20.4 Å². The number of fused-ring (bicyclic) bond motifs is 1. The molecule has 0 aliphatic rings. The maximum absolute atomic E-state index is 7.00. The van der Waals surface area contributed by atoms with Gasteiger partial charge in [-0.15, -0.1) is 0 Å². The molecule has 0 fully saturated rings. The van der Waals surface area contributed by atoms with Crippen molar-refractivity contribution < 1.29 is 20.4 Å². The molecular weight excluding hydrogens is 388 g/mol. The summed E-state index contributed by atoms with van der Waals surface area (Å²) in [5, 5.41) is 30.6. The van der Waals surface area contributed by atoms with Crippen molar-refractivity contribution in [1.29, 1.82) is 0 Å². The Morgan fingerprint density at radius 1 is 0.355 bits per heavy atom. The predicted octanol–water partition coefficient (Wildman–Crippen LogP) is 4.55. The molecule has 4 aromatic carbocycles. The highest BCUT2D eigenvalue weighted by molar-refractivity contribution is 5.82. The van der Waals surface area contributed by atoms with Crippen molar-refractivity contribution in [2.45, 2.75) is 6.42 Å². The van der Waals surface area contributed by atoms with Gasteiger partial charge >= 0.3 is 0 Å². The molecular formula is C27H36O4. The van der Waals surface area contributed by atoms with Crippen LogP contribution in [-0.4, -0.2) is 48.9 Å². The van der Waals surface area contributed by atoms with Crippen molar-refractivity contribution in [3.63, 3.8) is 0 Å². The standard InChI is InChI=1S/C13H12.C10H8.4CH4O/c1-3-7-12(8-4-1)11-13-9-5-2-6-10-13;1-2-6-10-8-4-3-7-9(10)5-1;4*1-2/h1-10H,11H2;1-8H;4*2H,1H3. The van der Waals surface area contributed by atoms with Crippen LogP contribution in [0.1, 0.15) is 11.1 Å². The molecule has 4 N–H and O–H groups in total. The molecule has 31 heavy (non-hydrogen) atoms. The highest BCUT2D eigenvalue weighted by Gasteiger charge is 1.92. The number of hydrogen-bond acceptors (Lipinski definition) is 4. The number of aliphatic hydroxyl groups excluding tert-OH is 4. The maximum Gasteiger partial charge on any atom is 0.0319 e. The first-order valence-electron chi connectivity index (χ1n) is 9.72. The first-order chi connectivity index (χ1) is 15.4. The summed E-state index contributed by atoms with van der Waals surface area (Å²) in [6.45, 7) is 0. The summed E-state index contributed by atoms with van der Waals surface area (Å²) in [6, 6.07) is 37.8. The second kappa shape index (κ2) is 23.3. The second-order valence-corrected chi connectivity index (χ2v) is 5.50. The van der Waals surface area contributed by atoms with Crippen LogP contribution in [-0.2, 0) is 6.42 Å². The average Bonchev–Trinajstić information content (AvgIpc) is 2.90. The van der Waals surface area contributed by atoms with Gasteiger partial charge in [-0.2, -0.15) is 0 Å². The van der Waals surface area contributed by atoms with E-state index < -0.39 is 0 Å². The molecule has 0 heterocycles. The average molecular weight is 425 g/mol. The molecule has 4 heteroatoms. The number of rotatable bonds is 2. The van der Waals surface area contributed by atoms with E-state index in [0.29, 0.717) is 0 Å². The van der Waals surface area contributed by atoms with Crippen LogP contribution >= 0.6 is 0 Å². The van der Waals surface area contributed by atoms with Crippen LogP contribution in [0.4, 0.5) is 0 Å². The van der Waals surface area contributed by atoms with Gasteiger partial charge in [0.05, 0.1) is 0 Å². The van der Waals surface area contributed by atoms with E-state index in [2.05, 4.69) is 109 Å². The molecule has 0 spiro atoms. The van der Waals surface area contributed by atoms with Crippen molar-refractivity contribution >= 4 is 10.8 Å². The SMILES string of the molecule is CO.CO.CO.CO.c1ccc(Cc2ccccc2)cc1.c1ccc2ccccc2c1. The van der Waals surface area contributed by atoms with Crippen LogP contribution in [0.5, 0.6) is 0 Å². The van der Waals surface area contributed by atoms with E-state index in [-0.39, 0.29) is 0 Å². The van der Waals surface area contributed by atoms with Crippen molar-refractivity contribution in [3.8, 4) is 0 Å². The first-order valence-corrected chi connectivity index (χ1v) is 9.72. The van der Waals surface area contributed by atoms with Crippen LogP contribution in [0, 0.1) is 0 Å². The molecule has 4 aromatic rings. The van der Waals surface area contributed by atoms with Crippen molar-refractivity contribution in [2.24, 2.45) is 0 Å². The highest BCUT2D eigenvalue weighted by Crippen LogP contribution is 2.11. The fourth-order valence-corrected chi connectivity index (χ4v) is 2.56. The Morgan fingerprint density at radius 3 is 0.839 bits per heavy atom. The molecule has 0 saturated heterocycles. The molecule has 168 valence electrons. The lowest BCUT2D eigenvalue weighted by Crippen LogP contribution is -1.85. The lowest BCUT2D eigenvalue weighted by atomic mass is 10.1. The molecule has 4 nitrogen and oxygen atoms in total. The summed E-state index contributed by atoms with van der Waals surface area (Å²) < 4.78 is 0. The van der Waals surface area contributed by atoms with Gasteiger partial charge in [-0.1, -0.05) is 109 Å². The van der Waals surface area contributed by atoms with Crippen molar-refractivity contribution in [2.75, 3.05) is 28.4 Å². The Morgan fingerprint density at radius 2 is 0.581 bits per heavy atom. The molecule has 0 atom stereocenters. The molecule has 0 saturated carbocycles. The summed E-state index contributed by atoms with van der Waals surface area (Å²) >= 11 is 0. The van der Waals surface area contributed by atoms with E-state index in [1.54, 1.807) is 0 Å². The van der Waals surface area contributed by atoms with E-state index >= 15 is 0 Å². The third-order valence-electron chi connectivity index (χ3n) is 3.75. The molecule has 0 bridgehead atoms. The first kappa shape index (κ1) is 30.2. The van der Waals surface area contributed by atoms with E-state index in [1.807, 2.05) is 0 Å². The second-order valence-electron chi connectivity index (χ2n) is 5.50. The van der Waals surface area contributed by atoms with Gasteiger partial charge in [0.15, 0.2) is 0 Å². The minimum atomic E-state index is 1.00. The summed E-state index contributed by atoms with van der Waals surface area (Å²) in [6.07, 6.45) is 1.03. The van der Waals surface area contributed by atoms with Crippen LogP contribution in [0.3, 0.4) is 0 Å². The summed E-state index contributed by atoms with van der Waals surface area (Å²) in [4.78, 5) is 0. The molecule has 0 amide bonds. The van der Waals surface area contributed by atoms with E-state index in [9.17, 15) is 0 Å². The quantitative estimate of drug-likeness (QED) is 0.381. The van der Waals surface area contributed by atoms with Gasteiger partial charge in [-0.3, -0.25) is 0 Å². The Bertz CT molecular complexity index is 747. The monoisotopic (exact) mass is 424 g/mol. The number of hydrogen-bond donors (Lipinski definition) is 4. The summed E-state index contributed by atoms with van der Waals surface area (Å²) in [5.41, 5.74) is 2.74. The van der Waals surface area contributed by atoms with Gasteiger partial charge in [0.1, 0.15) is 0 Å². The zero-order valence-corrected chi connectivity index (χ0v) is 18.9. The molecule has 0 unspecified atom stereocenters. The number of aliphatic hydroxyl groups is 4. The van der Waals surface area contributed by atoms with E-state index in [0.717, 1.165) is 34.9 Å². The molecule has 4 rings (SSSR count). The fourth-order valence-electron chi connectivity index (χ4n) is 2.56. The minimum Gasteiger partial charge on any atom is -0.400 e. The van der Waals surface area contributed by atoms with Gasteiger partial charge in [-0.05, 0) is 28.3 Å². The lowest BCUT2D eigenvalue weighted by Gasteiger charge is -2.00. The maximum atomic E-state index is 7.00. The lowest BCUT2D eigenvalue weighted by molar-refractivity contribution is 0.399. The Hall–Kier alpha value is -3.02. The summed E-state index contributed by atoms with van der Waals surface area (Å²) in [5.74, 6) is 0. The zero-order chi connectivity index (χ0) is 23.7. The minimum absolute atomic E-state index is 1.00. The molecule has 0 aromatic heterocycles. The van der Waals surface area contributed by atoms with E-state index in [1.165, 1.54) is 21.9 Å². The van der Waals surface area contributed by atoms with Gasteiger partial charge in [0.25, 0.3) is 0 Å². The van der Waals surface area contributed by atoms with Crippen LogP contribution in [0.25, 0.3) is 10.8 Å². The van der Waals surface area contributed by atoms with Crippen LogP contribution < -0.4 is 0 Å². The Labute approximate surface area is 186 Å². The van der Waals surface area contributed by atoms with Gasteiger partial charge in [-0.25, -0.2) is 0 Å². The third kappa shape index (κ3) is 13.8. The smallest absolute Gasteiger partial charge is 0.0319 e. The topological polar surface area (TPSA) is 80.9 Å². The Balaban J connectivity index is 0. The predicted molar refractivity (Wildman–Crippen MR) is 132 cm³/mol. The molecule has 0 aliphatic heterocycles. The fraction of sp³-hybridized carbons (Fsp3) is 0.185. The normalized spacial score (nSPS) is 8.13. The van der Waals surface area contributed by atoms with Crippen molar-refractivity contribution in [3.05, 3.63) is 120 Å². The zero-order valence-electron chi connectivity index (χ0n) is 18.9. The third-order valence-corrected chi connectivity index (χ3v) is 3.75. The highest BCUT2D eigenvalue weighted by atomic mass is 16.2. The largest absolute Gasteiger partial charge is 0.400 e. The number of benzene rings is 4. The van der Waals surface area contributed by atoms with Gasteiger partial charge in [0.2, 0.25) is 0 Å². The molecule has 0 radical (unpaired) electrons. The van der Waals surface area contributed by atoms with Crippen molar-refractivity contribution in [1.82, 2.24) is 0 Å². The van der Waals surface area contributed by atoms with Crippen LogP contribution in [0.2, 0.25) is 0 Å². The van der Waals surface area contributed by atoms with Gasteiger partial charge in [0, 0.05) is 28.4 Å². The Kier molecular flexibility index (Phi) is 22.6. The summed E-state index contributed by atoms with van der Waals surface area (Å²) in [7, 11) is 4.00.